The third kappa shape index (κ3) is 5.40. The predicted octanol–water partition coefficient (Wildman–Crippen LogP) is 3.82. The Morgan fingerprint density at radius 1 is 1.29 bits per heavy atom. The Hall–Kier alpha value is -2.71. The molecule has 1 saturated heterocycles. The van der Waals surface area contributed by atoms with Crippen LogP contribution in [0.3, 0.4) is 0 Å². The number of anilines is 1. The lowest BCUT2D eigenvalue weighted by atomic mass is 10.1. The number of thioether (sulfide) groups is 1. The van der Waals surface area contributed by atoms with Crippen LogP contribution in [-0.4, -0.2) is 27.9 Å². The van der Waals surface area contributed by atoms with Gasteiger partial charge in [-0.1, -0.05) is 41.6 Å². The van der Waals surface area contributed by atoms with E-state index in [1.54, 1.807) is 43.3 Å². The number of benzene rings is 2. The van der Waals surface area contributed by atoms with Gasteiger partial charge in [0.15, 0.2) is 5.17 Å². The number of nitrogens with zero attached hydrogens (tertiary/aromatic N) is 2. The number of amidine groups is 1. The third-order valence-electron chi connectivity index (χ3n) is 3.81. The van der Waals surface area contributed by atoms with Crippen LogP contribution >= 0.6 is 23.4 Å². The van der Waals surface area contributed by atoms with Crippen LogP contribution in [0.4, 0.5) is 10.1 Å². The lowest BCUT2D eigenvalue weighted by Crippen LogP contribution is -2.41. The summed E-state index contributed by atoms with van der Waals surface area (Å²) in [5.74, 6) is -0.987. The molecule has 2 aromatic rings. The van der Waals surface area contributed by atoms with E-state index in [9.17, 15) is 14.0 Å². The smallest absolute Gasteiger partial charge is 0.238 e. The molecular weight excluding hydrogens is 403 g/mol. The Bertz CT molecular complexity index is 963. The molecule has 1 heterocycles. The largest absolute Gasteiger partial charge is 0.325 e. The lowest BCUT2D eigenvalue weighted by Gasteiger charge is -2.21. The molecule has 0 aliphatic carbocycles. The number of halogens is 2. The van der Waals surface area contributed by atoms with Gasteiger partial charge in [-0.3, -0.25) is 9.59 Å². The van der Waals surface area contributed by atoms with Gasteiger partial charge in [0.25, 0.3) is 0 Å². The molecule has 1 atom stereocenters. The van der Waals surface area contributed by atoms with E-state index < -0.39 is 5.25 Å². The zero-order valence-corrected chi connectivity index (χ0v) is 16.4. The molecule has 0 saturated carbocycles. The van der Waals surface area contributed by atoms with E-state index in [1.165, 1.54) is 12.1 Å². The molecule has 2 aromatic carbocycles. The first-order valence-corrected chi connectivity index (χ1v) is 9.57. The molecule has 0 radical (unpaired) electrons. The van der Waals surface area contributed by atoms with Gasteiger partial charge in [0.05, 0.1) is 5.71 Å². The van der Waals surface area contributed by atoms with E-state index in [0.717, 1.165) is 11.8 Å². The quantitative estimate of drug-likeness (QED) is 0.585. The minimum absolute atomic E-state index is 0.0245. The topological polar surface area (TPSA) is 82.9 Å². The molecule has 0 aromatic heterocycles. The fourth-order valence-electron chi connectivity index (χ4n) is 2.40. The maximum Gasteiger partial charge on any atom is 0.238 e. The zero-order chi connectivity index (χ0) is 20.1. The van der Waals surface area contributed by atoms with E-state index in [2.05, 4.69) is 20.8 Å². The monoisotopic (exact) mass is 418 g/mol. The number of carbonyl (C=O) groups is 2. The SMILES string of the molecule is CC(=N/N=C1\NC(=O)CC(C(=O)Nc2cccc(Cl)c2)S1)c1ccc(F)cc1. The number of hydrogen-bond donors (Lipinski definition) is 2. The molecule has 2 amide bonds. The van der Waals surface area contributed by atoms with Gasteiger partial charge in [0.1, 0.15) is 11.1 Å². The van der Waals surface area contributed by atoms with Gasteiger partial charge < -0.3 is 10.6 Å². The molecule has 144 valence electrons. The average molecular weight is 419 g/mol. The van der Waals surface area contributed by atoms with Gasteiger partial charge in [0, 0.05) is 17.1 Å². The highest BCUT2D eigenvalue weighted by Crippen LogP contribution is 2.23. The van der Waals surface area contributed by atoms with Crippen molar-refractivity contribution in [2.45, 2.75) is 18.6 Å². The Morgan fingerprint density at radius 3 is 2.75 bits per heavy atom. The van der Waals surface area contributed by atoms with Crippen molar-refractivity contribution in [1.29, 1.82) is 0 Å². The van der Waals surface area contributed by atoms with Crippen molar-refractivity contribution in [2.24, 2.45) is 10.2 Å². The summed E-state index contributed by atoms with van der Waals surface area (Å²) in [6, 6.07) is 12.6. The van der Waals surface area contributed by atoms with Crippen LogP contribution in [0.1, 0.15) is 18.9 Å². The summed E-state index contributed by atoms with van der Waals surface area (Å²) in [5.41, 5.74) is 1.80. The van der Waals surface area contributed by atoms with Crippen LogP contribution < -0.4 is 10.6 Å². The van der Waals surface area contributed by atoms with Crippen molar-refractivity contribution in [3.05, 3.63) is 64.9 Å². The number of amides is 2. The minimum Gasteiger partial charge on any atom is -0.325 e. The Labute approximate surface area is 170 Å². The van der Waals surface area contributed by atoms with Gasteiger partial charge in [-0.2, -0.15) is 5.10 Å². The van der Waals surface area contributed by atoms with Crippen molar-refractivity contribution >= 4 is 51.7 Å². The maximum atomic E-state index is 13.0. The fourth-order valence-corrected chi connectivity index (χ4v) is 3.52. The highest BCUT2D eigenvalue weighted by molar-refractivity contribution is 8.15. The Balaban J connectivity index is 1.70. The molecule has 1 aliphatic rings. The number of carbonyl (C=O) groups excluding carboxylic acids is 2. The number of hydrogen-bond acceptors (Lipinski definition) is 5. The zero-order valence-electron chi connectivity index (χ0n) is 14.8. The first-order chi connectivity index (χ1) is 13.4. The summed E-state index contributed by atoms with van der Waals surface area (Å²) >= 11 is 7.03. The second-order valence-corrected chi connectivity index (χ2v) is 7.58. The first kappa shape index (κ1) is 20.0. The van der Waals surface area contributed by atoms with Gasteiger partial charge in [-0.25, -0.2) is 4.39 Å². The highest BCUT2D eigenvalue weighted by Gasteiger charge is 2.30. The van der Waals surface area contributed by atoms with Crippen molar-refractivity contribution in [3.63, 3.8) is 0 Å². The van der Waals surface area contributed by atoms with Crippen LogP contribution in [0.15, 0.2) is 58.7 Å². The van der Waals surface area contributed by atoms with Crippen LogP contribution in [-0.2, 0) is 9.59 Å². The summed E-state index contributed by atoms with van der Waals surface area (Å²) in [6.07, 6.45) is 0.0245. The minimum atomic E-state index is -0.646. The van der Waals surface area contributed by atoms with Crippen LogP contribution in [0.5, 0.6) is 0 Å². The standard InChI is InChI=1S/C19H16ClFN4O2S/c1-11(12-5-7-14(21)8-6-12)24-25-19-23-17(26)10-16(28-19)18(27)22-15-4-2-3-13(20)9-15/h2-9,16H,10H2,1H3,(H,22,27)(H,23,25,26). The van der Waals surface area contributed by atoms with Gasteiger partial charge in [0.2, 0.25) is 11.8 Å². The molecule has 0 spiro atoms. The molecule has 1 aliphatic heterocycles. The Kier molecular flexibility index (Phi) is 6.43. The van der Waals surface area contributed by atoms with Crippen LogP contribution in [0, 0.1) is 5.82 Å². The summed E-state index contributed by atoms with van der Waals surface area (Å²) < 4.78 is 13.0. The van der Waals surface area contributed by atoms with Gasteiger partial charge in [-0.05, 0) is 42.8 Å². The summed E-state index contributed by atoms with van der Waals surface area (Å²) in [7, 11) is 0. The van der Waals surface area contributed by atoms with Crippen LogP contribution in [0.2, 0.25) is 5.02 Å². The summed E-state index contributed by atoms with van der Waals surface area (Å²) in [6.45, 7) is 1.72. The van der Waals surface area contributed by atoms with Crippen molar-refractivity contribution in [2.75, 3.05) is 5.32 Å². The second kappa shape index (κ2) is 8.99. The molecule has 2 N–H and O–H groups in total. The van der Waals surface area contributed by atoms with E-state index in [4.69, 9.17) is 11.6 Å². The molecule has 6 nitrogen and oxygen atoms in total. The van der Waals surface area contributed by atoms with Gasteiger partial charge in [-0.15, -0.1) is 5.10 Å². The van der Waals surface area contributed by atoms with Crippen molar-refractivity contribution in [1.82, 2.24) is 5.32 Å². The van der Waals surface area contributed by atoms with E-state index in [0.29, 0.717) is 22.0 Å². The van der Waals surface area contributed by atoms with Gasteiger partial charge >= 0.3 is 0 Å². The Morgan fingerprint density at radius 2 is 2.04 bits per heavy atom. The highest BCUT2D eigenvalue weighted by atomic mass is 35.5. The first-order valence-electron chi connectivity index (χ1n) is 8.32. The fraction of sp³-hybridized carbons (Fsp3) is 0.158. The molecule has 0 bridgehead atoms. The number of nitrogens with one attached hydrogen (secondary N) is 2. The molecule has 3 rings (SSSR count). The van der Waals surface area contributed by atoms with E-state index in [1.807, 2.05) is 0 Å². The van der Waals surface area contributed by atoms with E-state index >= 15 is 0 Å². The molecule has 1 unspecified atom stereocenters. The van der Waals surface area contributed by atoms with Crippen molar-refractivity contribution in [3.8, 4) is 0 Å². The normalized spacial score (nSPS) is 18.7. The second-order valence-electron chi connectivity index (χ2n) is 5.96. The summed E-state index contributed by atoms with van der Waals surface area (Å²) in [5, 5.41) is 13.5. The molecular formula is C19H16ClFN4O2S. The van der Waals surface area contributed by atoms with Crippen LogP contribution in [0.25, 0.3) is 0 Å². The predicted molar refractivity (Wildman–Crippen MR) is 110 cm³/mol. The average Bonchev–Trinajstić information content (AvgIpc) is 2.66. The number of rotatable bonds is 4. The maximum absolute atomic E-state index is 13.0. The van der Waals surface area contributed by atoms with E-state index in [-0.39, 0.29) is 29.2 Å². The summed E-state index contributed by atoms with van der Waals surface area (Å²) in [4.78, 5) is 24.4. The molecule has 1 fully saturated rings. The lowest BCUT2D eigenvalue weighted by molar-refractivity contribution is -0.123. The third-order valence-corrected chi connectivity index (χ3v) is 5.12. The molecule has 28 heavy (non-hydrogen) atoms. The van der Waals surface area contributed by atoms with Crippen molar-refractivity contribution < 1.29 is 14.0 Å². The molecule has 9 heteroatoms.